The zero-order chi connectivity index (χ0) is 18.7. The van der Waals surface area contributed by atoms with Gasteiger partial charge in [-0.1, -0.05) is 30.3 Å². The highest BCUT2D eigenvalue weighted by atomic mass is 16.5. The predicted molar refractivity (Wildman–Crippen MR) is 97.9 cm³/mol. The van der Waals surface area contributed by atoms with Crippen molar-refractivity contribution in [3.05, 3.63) is 54.1 Å². The summed E-state index contributed by atoms with van der Waals surface area (Å²) in [6, 6.07) is 14.2. The van der Waals surface area contributed by atoms with Crippen molar-refractivity contribution in [2.24, 2.45) is 0 Å². The van der Waals surface area contributed by atoms with Gasteiger partial charge in [-0.2, -0.15) is 0 Å². The molecular weight excluding hydrogens is 319 g/mol. The van der Waals surface area contributed by atoms with Crippen LogP contribution in [0.2, 0.25) is 0 Å². The van der Waals surface area contributed by atoms with Crippen molar-refractivity contribution in [2.45, 2.75) is 45.5 Å². The van der Waals surface area contributed by atoms with Gasteiger partial charge in [0.15, 0.2) is 0 Å². The monoisotopic (exact) mass is 344 g/mol. The van der Waals surface area contributed by atoms with Crippen molar-refractivity contribution in [3.8, 4) is 11.5 Å². The van der Waals surface area contributed by atoms with Gasteiger partial charge in [0, 0.05) is 5.56 Å². The Morgan fingerprint density at radius 3 is 2.20 bits per heavy atom. The van der Waals surface area contributed by atoms with E-state index in [1.807, 2.05) is 30.3 Å². The Hall–Kier alpha value is -1.86. The minimum Gasteiger partial charge on any atom is -0.457 e. The van der Waals surface area contributed by atoms with Crippen molar-refractivity contribution in [1.82, 2.24) is 0 Å². The zero-order valence-corrected chi connectivity index (χ0v) is 15.1. The third kappa shape index (κ3) is 4.83. The first-order valence-electron chi connectivity index (χ1n) is 8.19. The van der Waals surface area contributed by atoms with E-state index in [2.05, 4.69) is 0 Å². The van der Waals surface area contributed by atoms with Gasteiger partial charge in [0.25, 0.3) is 0 Å². The number of aliphatic hydroxyl groups is 2. The second-order valence-corrected chi connectivity index (χ2v) is 6.98. The summed E-state index contributed by atoms with van der Waals surface area (Å²) >= 11 is 0. The fourth-order valence-electron chi connectivity index (χ4n) is 2.08. The summed E-state index contributed by atoms with van der Waals surface area (Å²) in [7, 11) is -1.24. The molecule has 134 valence electrons. The Kier molecular flexibility index (Phi) is 5.90. The fraction of sp³-hybridized carbons (Fsp3) is 0.368. The quantitative estimate of drug-likeness (QED) is 0.672. The molecule has 0 amide bonds. The number of benzene rings is 2. The lowest BCUT2D eigenvalue weighted by molar-refractivity contribution is -0.0982. The molecule has 0 atom stereocenters. The molecule has 0 unspecified atom stereocenters. The highest BCUT2D eigenvalue weighted by molar-refractivity contribution is 6.60. The molecule has 2 rings (SSSR count). The Labute approximate surface area is 149 Å². The molecule has 0 radical (unpaired) electrons. The molecule has 3 N–H and O–H groups in total. The van der Waals surface area contributed by atoms with E-state index in [0.717, 1.165) is 0 Å². The van der Waals surface area contributed by atoms with E-state index in [4.69, 9.17) is 9.39 Å². The molecule has 0 aliphatic carbocycles. The van der Waals surface area contributed by atoms with Gasteiger partial charge in [-0.15, -0.1) is 0 Å². The number of hydrogen-bond acceptors (Lipinski definition) is 5. The van der Waals surface area contributed by atoms with Crippen LogP contribution in [0.3, 0.4) is 0 Å². The van der Waals surface area contributed by atoms with Crippen molar-refractivity contribution >= 4 is 12.6 Å². The van der Waals surface area contributed by atoms with E-state index >= 15 is 0 Å². The van der Waals surface area contributed by atoms with Gasteiger partial charge in [0.2, 0.25) is 0 Å². The van der Waals surface area contributed by atoms with Gasteiger partial charge >= 0.3 is 7.12 Å². The molecule has 0 spiro atoms. The minimum absolute atomic E-state index is 0.238. The molecule has 0 aliphatic heterocycles. The van der Waals surface area contributed by atoms with Crippen LogP contribution in [0.1, 0.15) is 33.3 Å². The van der Waals surface area contributed by atoms with Crippen molar-refractivity contribution in [1.29, 1.82) is 0 Å². The molecule has 5 nitrogen and oxygen atoms in total. The summed E-state index contributed by atoms with van der Waals surface area (Å²) in [5.41, 5.74) is -1.10. The minimum atomic E-state index is -1.24. The number of para-hydroxylation sites is 1. The van der Waals surface area contributed by atoms with Crippen LogP contribution in [0, 0.1) is 0 Å². The van der Waals surface area contributed by atoms with Gasteiger partial charge in [-0.25, -0.2) is 0 Å². The average molecular weight is 344 g/mol. The average Bonchev–Trinajstić information content (AvgIpc) is 2.54. The van der Waals surface area contributed by atoms with Crippen LogP contribution in [-0.2, 0) is 11.3 Å². The predicted octanol–water partition coefficient (Wildman–Crippen LogP) is 2.22. The summed E-state index contributed by atoms with van der Waals surface area (Å²) in [6.07, 6.45) is 0. The highest BCUT2D eigenvalue weighted by Crippen LogP contribution is 2.27. The molecule has 0 aromatic heterocycles. The Morgan fingerprint density at radius 1 is 1.00 bits per heavy atom. The van der Waals surface area contributed by atoms with Gasteiger partial charge in [-0.3, -0.25) is 0 Å². The summed E-state index contributed by atoms with van der Waals surface area (Å²) < 4.78 is 11.4. The zero-order valence-electron chi connectivity index (χ0n) is 15.1. The molecular formula is C19H25BO5. The van der Waals surface area contributed by atoms with Crippen molar-refractivity contribution < 1.29 is 24.6 Å². The van der Waals surface area contributed by atoms with Crippen molar-refractivity contribution in [2.75, 3.05) is 0 Å². The second-order valence-electron chi connectivity index (χ2n) is 6.98. The van der Waals surface area contributed by atoms with E-state index < -0.39 is 18.3 Å². The van der Waals surface area contributed by atoms with Gasteiger partial charge in [0.1, 0.15) is 11.5 Å². The first kappa shape index (κ1) is 19.5. The van der Waals surface area contributed by atoms with Crippen LogP contribution >= 0.6 is 0 Å². The lowest BCUT2D eigenvalue weighted by Crippen LogP contribution is -2.53. The van der Waals surface area contributed by atoms with Crippen LogP contribution in [-0.4, -0.2) is 33.6 Å². The summed E-state index contributed by atoms with van der Waals surface area (Å²) in [5, 5.41) is 30.1. The maximum atomic E-state index is 10.4. The lowest BCUT2D eigenvalue weighted by atomic mass is 9.76. The van der Waals surface area contributed by atoms with E-state index in [1.54, 1.807) is 45.9 Å². The topological polar surface area (TPSA) is 79.2 Å². The summed E-state index contributed by atoms with van der Waals surface area (Å²) in [4.78, 5) is 0. The first-order chi connectivity index (χ1) is 11.6. The molecule has 25 heavy (non-hydrogen) atoms. The Morgan fingerprint density at radius 2 is 1.64 bits per heavy atom. The highest BCUT2D eigenvalue weighted by Gasteiger charge is 2.39. The third-order valence-electron chi connectivity index (χ3n) is 4.39. The number of ether oxygens (including phenoxy) is 1. The summed E-state index contributed by atoms with van der Waals surface area (Å²) in [6.45, 7) is 6.41. The SMILES string of the molecule is CC(C)(O)C(C)(C)OB(O)c1ccc(Oc2ccccc2)c(CO)c1. The van der Waals surface area contributed by atoms with Crippen LogP contribution < -0.4 is 10.2 Å². The maximum absolute atomic E-state index is 10.4. The molecule has 0 heterocycles. The molecule has 0 saturated carbocycles. The number of rotatable bonds is 7. The first-order valence-corrected chi connectivity index (χ1v) is 8.19. The second kappa shape index (κ2) is 7.58. The molecule has 2 aromatic carbocycles. The van der Waals surface area contributed by atoms with Gasteiger partial charge < -0.3 is 24.6 Å². The molecule has 2 aromatic rings. The van der Waals surface area contributed by atoms with Crippen LogP contribution in [0.4, 0.5) is 0 Å². The van der Waals surface area contributed by atoms with Crippen LogP contribution in [0.25, 0.3) is 0 Å². The smallest absolute Gasteiger partial charge is 0.457 e. The normalized spacial score (nSPS) is 12.1. The van der Waals surface area contributed by atoms with Crippen LogP contribution in [0.5, 0.6) is 11.5 Å². The molecule has 0 fully saturated rings. The standard InChI is InChI=1S/C19H25BO5/c1-18(2,22)19(3,4)25-20(23)15-10-11-17(14(12-15)13-21)24-16-8-6-5-7-9-16/h5-12,21-23H,13H2,1-4H3. The molecule has 0 saturated heterocycles. The lowest BCUT2D eigenvalue weighted by Gasteiger charge is -2.38. The van der Waals surface area contributed by atoms with Crippen LogP contribution in [0.15, 0.2) is 48.5 Å². The van der Waals surface area contributed by atoms with E-state index in [9.17, 15) is 15.2 Å². The van der Waals surface area contributed by atoms with Crippen molar-refractivity contribution in [3.63, 3.8) is 0 Å². The Bertz CT molecular complexity index is 695. The number of aliphatic hydroxyl groups excluding tert-OH is 1. The largest absolute Gasteiger partial charge is 0.491 e. The number of hydrogen-bond donors (Lipinski definition) is 3. The molecule has 0 aliphatic rings. The van der Waals surface area contributed by atoms with E-state index in [1.165, 1.54) is 0 Å². The maximum Gasteiger partial charge on any atom is 0.491 e. The van der Waals surface area contributed by atoms with E-state index in [0.29, 0.717) is 22.5 Å². The van der Waals surface area contributed by atoms with Gasteiger partial charge in [0.05, 0.1) is 17.8 Å². The van der Waals surface area contributed by atoms with E-state index in [-0.39, 0.29) is 6.61 Å². The summed E-state index contributed by atoms with van der Waals surface area (Å²) in [5.74, 6) is 1.16. The van der Waals surface area contributed by atoms with Gasteiger partial charge in [-0.05, 0) is 51.4 Å². The fourth-order valence-corrected chi connectivity index (χ4v) is 2.08. The molecule has 0 bridgehead atoms. The third-order valence-corrected chi connectivity index (χ3v) is 4.39. The molecule has 6 heteroatoms. The Balaban J connectivity index is 2.20.